The number of hydrogen-bond acceptors (Lipinski definition) is 3. The number of alkyl halides is 3. The molecule has 3 nitrogen and oxygen atoms in total. The number of benzene rings is 1. The topological polar surface area (TPSA) is 35.5 Å². The zero-order valence-electron chi connectivity index (χ0n) is 11.8. The van der Waals surface area contributed by atoms with E-state index in [0.717, 1.165) is 6.07 Å². The molecule has 128 valence electrons. The number of aryl methyl sites for hydroxylation is 1. The molecule has 0 amide bonds. The second-order valence-corrected chi connectivity index (χ2v) is 4.91. The lowest BCUT2D eigenvalue weighted by atomic mass is 10.00. The van der Waals surface area contributed by atoms with Gasteiger partial charge in [0.1, 0.15) is 6.04 Å². The highest BCUT2D eigenvalue weighted by Crippen LogP contribution is 2.42. The number of rotatable bonds is 2. The monoisotopic (exact) mass is 364 g/mol. The van der Waals surface area contributed by atoms with Crippen LogP contribution in [0.5, 0.6) is 5.75 Å². The molecule has 0 bridgehead atoms. The molecule has 2 N–H and O–H groups in total. The summed E-state index contributed by atoms with van der Waals surface area (Å²) in [4.78, 5) is 1.21. The van der Waals surface area contributed by atoms with E-state index in [0.29, 0.717) is 18.7 Å². The van der Waals surface area contributed by atoms with E-state index in [9.17, 15) is 22.7 Å². The van der Waals surface area contributed by atoms with Crippen LogP contribution in [-0.2, 0) is 0 Å². The fourth-order valence-electron chi connectivity index (χ4n) is 2.49. The van der Waals surface area contributed by atoms with Gasteiger partial charge in [0.05, 0.1) is 0 Å². The maximum Gasteiger partial charge on any atom is 0.408 e. The average molecular weight is 365 g/mol. The molecule has 9 heteroatoms. The lowest BCUT2D eigenvalue weighted by Crippen LogP contribution is -2.49. The number of phenolic OH excluding ortho intramolecular Hbond substituents is 1. The molecule has 0 unspecified atom stereocenters. The Morgan fingerprint density at radius 3 is 2.23 bits per heavy atom. The Labute approximate surface area is 138 Å². The molecule has 0 saturated carbocycles. The van der Waals surface area contributed by atoms with Gasteiger partial charge in [-0.25, -0.2) is 4.39 Å². The summed E-state index contributed by atoms with van der Waals surface area (Å²) in [6.45, 7) is 2.75. The van der Waals surface area contributed by atoms with E-state index in [1.54, 1.807) is 0 Å². The van der Waals surface area contributed by atoms with Crippen LogP contribution in [0, 0.1) is 12.7 Å². The Hall–Kier alpha value is -0.760. The van der Waals surface area contributed by atoms with Crippen molar-refractivity contribution in [2.24, 2.45) is 0 Å². The largest absolute Gasteiger partial charge is 0.505 e. The SMILES string of the molecule is Cc1cc(F)c(O)c([C@@H](N2CCNCC2)C(F)(F)F)c1.Cl.Cl. The summed E-state index contributed by atoms with van der Waals surface area (Å²) in [5.41, 5.74) is -0.0726. The zero-order valence-corrected chi connectivity index (χ0v) is 13.4. The highest BCUT2D eigenvalue weighted by molar-refractivity contribution is 5.85. The molecule has 0 aromatic heterocycles. The maximum atomic E-state index is 13.5. The van der Waals surface area contributed by atoms with E-state index in [-0.39, 0.29) is 37.9 Å². The maximum absolute atomic E-state index is 13.5. The van der Waals surface area contributed by atoms with Crippen LogP contribution in [0.4, 0.5) is 17.6 Å². The molecule has 0 radical (unpaired) electrons. The summed E-state index contributed by atoms with van der Waals surface area (Å²) in [7, 11) is 0. The molecule has 1 heterocycles. The summed E-state index contributed by atoms with van der Waals surface area (Å²) in [5, 5.41) is 12.6. The molecule has 1 aromatic carbocycles. The lowest BCUT2D eigenvalue weighted by molar-refractivity contribution is -0.188. The van der Waals surface area contributed by atoms with Crippen LogP contribution in [0.1, 0.15) is 17.2 Å². The van der Waals surface area contributed by atoms with Gasteiger partial charge in [0.15, 0.2) is 11.6 Å². The van der Waals surface area contributed by atoms with E-state index < -0.39 is 29.3 Å². The van der Waals surface area contributed by atoms with Crippen molar-refractivity contribution in [3.05, 3.63) is 29.1 Å². The molecule has 1 saturated heterocycles. The van der Waals surface area contributed by atoms with Crippen LogP contribution in [-0.4, -0.2) is 42.4 Å². The summed E-state index contributed by atoms with van der Waals surface area (Å²) in [6, 6.07) is 0.224. The Balaban J connectivity index is 0.00000220. The Bertz CT molecular complexity index is 494. The second-order valence-electron chi connectivity index (χ2n) is 4.91. The Morgan fingerprint density at radius 1 is 1.18 bits per heavy atom. The molecule has 22 heavy (non-hydrogen) atoms. The molecule has 1 aliphatic rings. The first-order valence-electron chi connectivity index (χ1n) is 6.31. The van der Waals surface area contributed by atoms with Gasteiger partial charge in [-0.05, 0) is 18.6 Å². The number of aromatic hydroxyl groups is 1. The van der Waals surface area contributed by atoms with E-state index >= 15 is 0 Å². The first-order valence-corrected chi connectivity index (χ1v) is 6.31. The molecule has 0 spiro atoms. The molecule has 2 rings (SSSR count). The summed E-state index contributed by atoms with van der Waals surface area (Å²) in [5.74, 6) is -1.94. The third kappa shape index (κ3) is 4.62. The van der Waals surface area contributed by atoms with Crippen molar-refractivity contribution < 1.29 is 22.7 Å². The van der Waals surface area contributed by atoms with Gasteiger partial charge in [0.25, 0.3) is 0 Å². The predicted octanol–water partition coefficient (Wildman–Crippen LogP) is 3.19. The van der Waals surface area contributed by atoms with Gasteiger partial charge in [-0.15, -0.1) is 24.8 Å². The summed E-state index contributed by atoms with van der Waals surface area (Å²) < 4.78 is 53.5. The number of piperazine rings is 1. The third-order valence-electron chi connectivity index (χ3n) is 3.36. The van der Waals surface area contributed by atoms with E-state index in [1.807, 2.05) is 0 Å². The van der Waals surface area contributed by atoms with Crippen LogP contribution in [0.25, 0.3) is 0 Å². The Kier molecular flexibility index (Phi) is 7.91. The second kappa shape index (κ2) is 8.19. The fraction of sp³-hybridized carbons (Fsp3) is 0.538. The Morgan fingerprint density at radius 2 is 1.73 bits per heavy atom. The highest BCUT2D eigenvalue weighted by Gasteiger charge is 2.46. The van der Waals surface area contributed by atoms with E-state index in [4.69, 9.17) is 0 Å². The minimum atomic E-state index is -4.57. The smallest absolute Gasteiger partial charge is 0.408 e. The number of nitrogens with one attached hydrogen (secondary N) is 1. The summed E-state index contributed by atoms with van der Waals surface area (Å²) in [6.07, 6.45) is -4.57. The van der Waals surface area contributed by atoms with Gasteiger partial charge in [0.2, 0.25) is 0 Å². The van der Waals surface area contributed by atoms with Crippen molar-refractivity contribution in [3.63, 3.8) is 0 Å². The zero-order chi connectivity index (χ0) is 14.9. The first kappa shape index (κ1) is 21.2. The van der Waals surface area contributed by atoms with Crippen molar-refractivity contribution in [1.29, 1.82) is 0 Å². The van der Waals surface area contributed by atoms with E-state index in [2.05, 4.69) is 5.32 Å². The average Bonchev–Trinajstić information content (AvgIpc) is 2.35. The first-order chi connectivity index (χ1) is 9.30. The minimum Gasteiger partial charge on any atom is -0.505 e. The lowest BCUT2D eigenvalue weighted by Gasteiger charge is -2.36. The number of phenols is 1. The molecule has 1 fully saturated rings. The van der Waals surface area contributed by atoms with Gasteiger partial charge in [-0.1, -0.05) is 6.07 Å². The third-order valence-corrected chi connectivity index (χ3v) is 3.36. The van der Waals surface area contributed by atoms with E-state index in [1.165, 1.54) is 17.9 Å². The minimum absolute atomic E-state index is 0. The standard InChI is InChI=1S/C13H16F4N2O.2ClH/c1-8-6-9(11(20)10(14)7-8)12(13(15,16)17)19-4-2-18-3-5-19;;/h6-7,12,18,20H,2-5H2,1H3;2*1H/t12-;;/m1../s1. The van der Waals surface area contributed by atoms with Crippen LogP contribution >= 0.6 is 24.8 Å². The van der Waals surface area contributed by atoms with Crippen molar-refractivity contribution in [3.8, 4) is 5.75 Å². The van der Waals surface area contributed by atoms with Crippen LogP contribution in [0.2, 0.25) is 0 Å². The van der Waals surface area contributed by atoms with Gasteiger partial charge in [-0.3, -0.25) is 4.90 Å². The number of nitrogens with zero attached hydrogens (tertiary/aromatic N) is 1. The highest BCUT2D eigenvalue weighted by atomic mass is 35.5. The van der Waals surface area contributed by atoms with Gasteiger partial charge in [0, 0.05) is 31.7 Å². The van der Waals surface area contributed by atoms with Gasteiger partial charge in [-0.2, -0.15) is 13.2 Å². The van der Waals surface area contributed by atoms with Gasteiger partial charge >= 0.3 is 6.18 Å². The van der Waals surface area contributed by atoms with Crippen molar-refractivity contribution in [2.75, 3.05) is 26.2 Å². The normalized spacial score (nSPS) is 17.3. The molecule has 1 atom stereocenters. The van der Waals surface area contributed by atoms with Crippen molar-refractivity contribution in [1.82, 2.24) is 10.2 Å². The van der Waals surface area contributed by atoms with Crippen LogP contribution in [0.15, 0.2) is 12.1 Å². The predicted molar refractivity (Wildman–Crippen MR) is 80.5 cm³/mol. The molecule has 1 aromatic rings. The quantitative estimate of drug-likeness (QED) is 0.791. The van der Waals surface area contributed by atoms with Crippen molar-refractivity contribution in [2.45, 2.75) is 19.1 Å². The van der Waals surface area contributed by atoms with Crippen molar-refractivity contribution >= 4 is 24.8 Å². The number of hydrogen-bond donors (Lipinski definition) is 2. The fourth-order valence-corrected chi connectivity index (χ4v) is 2.49. The van der Waals surface area contributed by atoms with Gasteiger partial charge < -0.3 is 10.4 Å². The molecule has 0 aliphatic carbocycles. The molecule has 1 aliphatic heterocycles. The van der Waals surface area contributed by atoms with Crippen LogP contribution < -0.4 is 5.32 Å². The summed E-state index contributed by atoms with van der Waals surface area (Å²) >= 11 is 0. The number of halogens is 6. The molecular weight excluding hydrogens is 347 g/mol. The van der Waals surface area contributed by atoms with Crippen LogP contribution in [0.3, 0.4) is 0 Å². The molecular formula is C13H18Cl2F4N2O.